The Bertz CT molecular complexity index is 679. The Hall–Kier alpha value is -1.31. The van der Waals surface area contributed by atoms with Gasteiger partial charge in [-0.3, -0.25) is 0 Å². The minimum atomic E-state index is -0.556. The van der Waals surface area contributed by atoms with Crippen LogP contribution in [0.2, 0.25) is 0 Å². The van der Waals surface area contributed by atoms with Gasteiger partial charge in [0.1, 0.15) is 0 Å². The van der Waals surface area contributed by atoms with Crippen molar-refractivity contribution in [3.8, 4) is 0 Å². The molecule has 0 unspecified atom stereocenters. The molecule has 3 heteroatoms. The van der Waals surface area contributed by atoms with E-state index in [0.717, 1.165) is 12.8 Å². The van der Waals surface area contributed by atoms with Gasteiger partial charge in [-0.25, -0.2) is 0 Å². The Morgan fingerprint density at radius 2 is 1.00 bits per heavy atom. The fraction of sp³-hybridized carbons (Fsp3) is 0.0909. The van der Waals surface area contributed by atoms with E-state index in [4.69, 9.17) is 18.6 Å². The molecule has 0 saturated heterocycles. The fourth-order valence-electron chi connectivity index (χ4n) is 2.44. The van der Waals surface area contributed by atoms with Crippen LogP contribution in [-0.4, -0.2) is 0 Å². The molecule has 0 amide bonds. The molecule has 0 fully saturated rings. The first-order valence-electron chi connectivity index (χ1n) is 7.97. The average Bonchev–Trinajstić information content (AvgIpc) is 3.39. The molecule has 2 aliphatic carbocycles. The first-order valence-corrected chi connectivity index (χ1v) is 12.3. The summed E-state index contributed by atoms with van der Waals surface area (Å²) < 4.78 is 0. The second-order valence-electron chi connectivity index (χ2n) is 5.20. The maximum atomic E-state index is 4.89. The van der Waals surface area contributed by atoms with E-state index < -0.39 is 17.0 Å². The third-order valence-corrected chi connectivity index (χ3v) is 3.56. The van der Waals surface area contributed by atoms with Crippen LogP contribution in [0.15, 0.2) is 85.0 Å². The monoisotopic (exact) mass is 400 g/mol. The molecule has 0 atom stereocenters. The van der Waals surface area contributed by atoms with Crippen molar-refractivity contribution in [2.45, 2.75) is 12.8 Å². The Morgan fingerprint density at radius 1 is 0.640 bits per heavy atom. The van der Waals surface area contributed by atoms with Gasteiger partial charge in [0.15, 0.2) is 0 Å². The number of allylic oxidation sites excluding steroid dienone is 8. The van der Waals surface area contributed by atoms with Gasteiger partial charge in [-0.1, -0.05) is 49.2 Å². The zero-order chi connectivity index (χ0) is 17.7. The summed E-state index contributed by atoms with van der Waals surface area (Å²) in [5.41, 5.74) is 4.98. The Balaban J connectivity index is 0.000000156. The summed E-state index contributed by atoms with van der Waals surface area (Å²) in [6.07, 6.45) is 17.0. The second kappa shape index (κ2) is 12.1. The van der Waals surface area contributed by atoms with Crippen molar-refractivity contribution >= 4 is 29.8 Å². The quantitative estimate of drug-likeness (QED) is 0.374. The zero-order valence-corrected chi connectivity index (χ0v) is 16.8. The predicted octanol–water partition coefficient (Wildman–Crippen LogP) is 7.04. The van der Waals surface area contributed by atoms with E-state index in [-0.39, 0.29) is 0 Å². The van der Waals surface area contributed by atoms with Gasteiger partial charge in [-0.2, -0.15) is 35.5 Å². The van der Waals surface area contributed by atoms with Gasteiger partial charge < -0.3 is 0 Å². The van der Waals surface area contributed by atoms with Crippen LogP contribution >= 0.6 is 18.6 Å². The molecule has 2 aliphatic rings. The molecule has 2 aromatic rings. The Morgan fingerprint density at radius 3 is 1.28 bits per heavy atom. The van der Waals surface area contributed by atoms with Gasteiger partial charge in [-0.15, -0.1) is 47.5 Å². The van der Waals surface area contributed by atoms with E-state index in [1.807, 2.05) is 12.1 Å². The first-order chi connectivity index (χ1) is 12.3. The van der Waals surface area contributed by atoms with Crippen LogP contribution in [0.1, 0.15) is 24.0 Å². The average molecular weight is 401 g/mol. The Labute approximate surface area is 167 Å². The molecular weight excluding hydrogens is 383 g/mol. The summed E-state index contributed by atoms with van der Waals surface area (Å²) in [4.78, 5) is 0. The van der Waals surface area contributed by atoms with E-state index in [0.29, 0.717) is 0 Å². The first kappa shape index (κ1) is 20.0. The molecule has 0 aromatic heterocycles. The molecular formula is C22H18Cl2Ti-2. The normalized spacial score (nSPS) is 13.8. The van der Waals surface area contributed by atoms with Crippen molar-refractivity contribution in [2.24, 2.45) is 0 Å². The van der Waals surface area contributed by atoms with Gasteiger partial charge in [0.05, 0.1) is 0 Å². The predicted molar refractivity (Wildman–Crippen MR) is 105 cm³/mol. The van der Waals surface area contributed by atoms with Gasteiger partial charge in [-0.05, 0) is 0 Å². The summed E-state index contributed by atoms with van der Waals surface area (Å²) >= 11 is -0.556. The molecule has 4 rings (SSSR count). The van der Waals surface area contributed by atoms with Crippen molar-refractivity contribution < 1.29 is 17.0 Å². The summed E-state index contributed by atoms with van der Waals surface area (Å²) in [5, 5.41) is 0. The van der Waals surface area contributed by atoms with Crippen molar-refractivity contribution in [3.05, 3.63) is 108 Å². The number of halogens is 2. The van der Waals surface area contributed by atoms with Crippen LogP contribution in [0.3, 0.4) is 0 Å². The van der Waals surface area contributed by atoms with Gasteiger partial charge in [0.25, 0.3) is 0 Å². The third kappa shape index (κ3) is 7.22. The van der Waals surface area contributed by atoms with Crippen molar-refractivity contribution in [1.29, 1.82) is 0 Å². The zero-order valence-electron chi connectivity index (χ0n) is 13.8. The minimum absolute atomic E-state index is 0.556. The van der Waals surface area contributed by atoms with Gasteiger partial charge in [0.2, 0.25) is 0 Å². The molecule has 0 heterocycles. The van der Waals surface area contributed by atoms with Crippen LogP contribution in [-0.2, 0) is 17.0 Å². The SMILES string of the molecule is [C-]1=C(c2ccccc2)C=CC1.[C-]1=C(c2ccccc2)C=CC1.[Cl][Ti][Cl]. The van der Waals surface area contributed by atoms with E-state index in [2.05, 4.69) is 85.0 Å². The number of hydrogen-bond acceptors (Lipinski definition) is 0. The van der Waals surface area contributed by atoms with Crippen LogP contribution in [0.5, 0.6) is 0 Å². The molecule has 0 bridgehead atoms. The maximum absolute atomic E-state index is 4.89. The van der Waals surface area contributed by atoms with Gasteiger partial charge >= 0.3 is 35.6 Å². The van der Waals surface area contributed by atoms with Crippen molar-refractivity contribution in [3.63, 3.8) is 0 Å². The van der Waals surface area contributed by atoms with Crippen LogP contribution in [0.25, 0.3) is 11.1 Å². The van der Waals surface area contributed by atoms with Crippen molar-refractivity contribution in [1.82, 2.24) is 0 Å². The number of hydrogen-bond donors (Lipinski definition) is 0. The second-order valence-corrected chi connectivity index (χ2v) is 7.78. The van der Waals surface area contributed by atoms with Crippen LogP contribution in [0.4, 0.5) is 0 Å². The number of benzene rings is 2. The van der Waals surface area contributed by atoms with E-state index >= 15 is 0 Å². The molecule has 0 radical (unpaired) electrons. The van der Waals surface area contributed by atoms with Crippen LogP contribution in [0, 0.1) is 12.2 Å². The summed E-state index contributed by atoms with van der Waals surface area (Å²) in [6.45, 7) is 0. The topological polar surface area (TPSA) is 0 Å². The molecule has 0 saturated carbocycles. The Kier molecular flexibility index (Phi) is 9.70. The van der Waals surface area contributed by atoms with E-state index in [9.17, 15) is 0 Å². The molecule has 0 N–H and O–H groups in total. The summed E-state index contributed by atoms with van der Waals surface area (Å²) in [7, 11) is 9.78. The van der Waals surface area contributed by atoms with Crippen LogP contribution < -0.4 is 0 Å². The summed E-state index contributed by atoms with van der Waals surface area (Å²) in [6, 6.07) is 20.7. The number of rotatable bonds is 2. The van der Waals surface area contributed by atoms with Crippen molar-refractivity contribution in [2.75, 3.05) is 0 Å². The molecule has 0 spiro atoms. The molecule has 25 heavy (non-hydrogen) atoms. The van der Waals surface area contributed by atoms with E-state index in [1.54, 1.807) is 0 Å². The third-order valence-electron chi connectivity index (χ3n) is 3.56. The summed E-state index contributed by atoms with van der Waals surface area (Å²) in [5.74, 6) is 0. The van der Waals surface area contributed by atoms with E-state index in [1.165, 1.54) is 22.3 Å². The molecule has 0 aliphatic heterocycles. The van der Waals surface area contributed by atoms with Gasteiger partial charge in [0, 0.05) is 0 Å². The standard InChI is InChI=1S/2C11H9.2ClH.Ti/c2*1-2-6-10(7-3-1)11-8-4-5-9-11;;;/h2*1-4,6-8H,5H2;2*1H;/q2*-1;;;+2/p-2. The molecule has 0 nitrogen and oxygen atoms in total. The molecule has 126 valence electrons. The fourth-order valence-corrected chi connectivity index (χ4v) is 2.44. The molecule has 2 aromatic carbocycles.